The third-order valence-electron chi connectivity index (χ3n) is 2.55. The Bertz CT molecular complexity index is 306. The number of pyridine rings is 1. The molecule has 2 atom stereocenters. The van der Waals surface area contributed by atoms with E-state index in [1.807, 2.05) is 6.92 Å². The summed E-state index contributed by atoms with van der Waals surface area (Å²) < 4.78 is 18.3. The predicted octanol–water partition coefficient (Wildman–Crippen LogP) is 1.89. The Balaban J connectivity index is 2.67. The highest BCUT2D eigenvalue weighted by Gasteiger charge is 2.17. The first kappa shape index (κ1) is 12.1. The van der Waals surface area contributed by atoms with Crippen LogP contribution >= 0.6 is 0 Å². The molecule has 84 valence electrons. The molecule has 0 aliphatic carbocycles. The number of ether oxygens (including phenoxy) is 1. The molecular weight excluding hydrogens is 195 g/mol. The molecule has 1 aromatic rings. The molecule has 3 nitrogen and oxygen atoms in total. The molecule has 0 spiro atoms. The van der Waals surface area contributed by atoms with Gasteiger partial charge in [-0.2, -0.15) is 0 Å². The van der Waals surface area contributed by atoms with E-state index in [9.17, 15) is 4.39 Å². The van der Waals surface area contributed by atoms with E-state index in [2.05, 4.69) is 4.98 Å². The molecule has 1 aromatic heterocycles. The number of nitrogens with zero attached hydrogens (tertiary/aromatic N) is 1. The van der Waals surface area contributed by atoms with Gasteiger partial charge in [-0.25, -0.2) is 4.39 Å². The minimum absolute atomic E-state index is 0.182. The van der Waals surface area contributed by atoms with Gasteiger partial charge >= 0.3 is 0 Å². The number of hydrogen-bond donors (Lipinski definition) is 1. The van der Waals surface area contributed by atoms with Gasteiger partial charge in [-0.3, -0.25) is 4.98 Å². The standard InChI is InChI=1S/C11H17FN2O/c1-8(4-6-15-2)11(13)9-3-5-14-7-10(9)12/h3,5,7-8,11H,4,6,13H2,1-2H3. The maximum atomic E-state index is 13.3. The summed E-state index contributed by atoms with van der Waals surface area (Å²) >= 11 is 0. The van der Waals surface area contributed by atoms with Gasteiger partial charge in [-0.15, -0.1) is 0 Å². The summed E-state index contributed by atoms with van der Waals surface area (Å²) in [6.45, 7) is 2.63. The van der Waals surface area contributed by atoms with E-state index in [1.165, 1.54) is 6.20 Å². The maximum Gasteiger partial charge on any atom is 0.146 e. The van der Waals surface area contributed by atoms with Crippen LogP contribution < -0.4 is 5.73 Å². The molecule has 0 radical (unpaired) electrons. The van der Waals surface area contributed by atoms with Gasteiger partial charge in [0.15, 0.2) is 0 Å². The van der Waals surface area contributed by atoms with Crippen molar-refractivity contribution in [2.24, 2.45) is 11.7 Å². The van der Waals surface area contributed by atoms with E-state index in [1.54, 1.807) is 19.4 Å². The highest BCUT2D eigenvalue weighted by Crippen LogP contribution is 2.23. The molecule has 0 saturated heterocycles. The lowest BCUT2D eigenvalue weighted by atomic mass is 9.93. The van der Waals surface area contributed by atoms with E-state index in [0.29, 0.717) is 12.2 Å². The van der Waals surface area contributed by atoms with Crippen molar-refractivity contribution in [1.82, 2.24) is 4.98 Å². The Morgan fingerprint density at radius 3 is 2.93 bits per heavy atom. The number of halogens is 1. The fraction of sp³-hybridized carbons (Fsp3) is 0.545. The number of aromatic nitrogens is 1. The zero-order valence-corrected chi connectivity index (χ0v) is 9.11. The van der Waals surface area contributed by atoms with Crippen LogP contribution in [0, 0.1) is 11.7 Å². The summed E-state index contributed by atoms with van der Waals surface area (Å²) in [5.41, 5.74) is 6.48. The van der Waals surface area contributed by atoms with Crippen LogP contribution in [0.25, 0.3) is 0 Å². The van der Waals surface area contributed by atoms with E-state index < -0.39 is 0 Å². The Kier molecular flexibility index (Phi) is 4.65. The molecule has 0 bridgehead atoms. The molecule has 0 saturated carbocycles. The number of rotatable bonds is 5. The molecule has 0 aliphatic rings. The van der Waals surface area contributed by atoms with Crippen LogP contribution in [0.5, 0.6) is 0 Å². The van der Waals surface area contributed by atoms with Gasteiger partial charge in [0.25, 0.3) is 0 Å². The van der Waals surface area contributed by atoms with Crippen LogP contribution in [0.1, 0.15) is 24.9 Å². The third kappa shape index (κ3) is 3.25. The van der Waals surface area contributed by atoms with Crippen molar-refractivity contribution in [2.45, 2.75) is 19.4 Å². The quantitative estimate of drug-likeness (QED) is 0.810. The highest BCUT2D eigenvalue weighted by molar-refractivity contribution is 5.17. The summed E-state index contributed by atoms with van der Waals surface area (Å²) in [4.78, 5) is 3.69. The third-order valence-corrected chi connectivity index (χ3v) is 2.55. The molecule has 4 heteroatoms. The molecule has 1 heterocycles. The molecule has 0 aliphatic heterocycles. The minimum Gasteiger partial charge on any atom is -0.385 e. The lowest BCUT2D eigenvalue weighted by molar-refractivity contribution is 0.174. The van der Waals surface area contributed by atoms with Crippen molar-refractivity contribution < 1.29 is 9.13 Å². The van der Waals surface area contributed by atoms with Crippen molar-refractivity contribution in [3.63, 3.8) is 0 Å². The van der Waals surface area contributed by atoms with Crippen LogP contribution in [0.2, 0.25) is 0 Å². The number of hydrogen-bond acceptors (Lipinski definition) is 3. The Labute approximate surface area is 89.5 Å². The van der Waals surface area contributed by atoms with Crippen LogP contribution in [-0.2, 0) is 4.74 Å². The van der Waals surface area contributed by atoms with Gasteiger partial charge in [0.1, 0.15) is 5.82 Å². The maximum absolute atomic E-state index is 13.3. The first-order chi connectivity index (χ1) is 7.16. The average molecular weight is 212 g/mol. The van der Waals surface area contributed by atoms with Crippen molar-refractivity contribution in [2.75, 3.05) is 13.7 Å². The molecular formula is C11H17FN2O. The largest absolute Gasteiger partial charge is 0.385 e. The van der Waals surface area contributed by atoms with Gasteiger partial charge < -0.3 is 10.5 Å². The van der Waals surface area contributed by atoms with Crippen LogP contribution in [-0.4, -0.2) is 18.7 Å². The minimum atomic E-state index is -0.339. The fourth-order valence-corrected chi connectivity index (χ4v) is 1.45. The summed E-state index contributed by atoms with van der Waals surface area (Å²) in [6.07, 6.45) is 3.57. The normalized spacial score (nSPS) is 14.9. The molecule has 2 unspecified atom stereocenters. The lowest BCUT2D eigenvalue weighted by Crippen LogP contribution is -2.21. The average Bonchev–Trinajstić information content (AvgIpc) is 2.25. The zero-order chi connectivity index (χ0) is 11.3. The van der Waals surface area contributed by atoms with Crippen molar-refractivity contribution in [3.8, 4) is 0 Å². The highest BCUT2D eigenvalue weighted by atomic mass is 19.1. The SMILES string of the molecule is COCCC(C)C(N)c1ccncc1F. The Morgan fingerprint density at radius 1 is 1.60 bits per heavy atom. The van der Waals surface area contributed by atoms with Crippen molar-refractivity contribution in [3.05, 3.63) is 29.8 Å². The van der Waals surface area contributed by atoms with Crippen LogP contribution in [0.4, 0.5) is 4.39 Å². The van der Waals surface area contributed by atoms with E-state index in [-0.39, 0.29) is 17.8 Å². The molecule has 2 N–H and O–H groups in total. The summed E-state index contributed by atoms with van der Waals surface area (Å²) in [5.74, 6) is -0.156. The topological polar surface area (TPSA) is 48.1 Å². The van der Waals surface area contributed by atoms with Gasteiger partial charge in [0.2, 0.25) is 0 Å². The monoisotopic (exact) mass is 212 g/mol. The first-order valence-electron chi connectivity index (χ1n) is 5.00. The fourth-order valence-electron chi connectivity index (χ4n) is 1.45. The molecule has 0 fully saturated rings. The second-order valence-corrected chi connectivity index (χ2v) is 3.68. The molecule has 0 amide bonds. The Hall–Kier alpha value is -1.00. The van der Waals surface area contributed by atoms with Gasteiger partial charge in [-0.1, -0.05) is 6.92 Å². The van der Waals surface area contributed by atoms with Gasteiger partial charge in [0, 0.05) is 31.5 Å². The van der Waals surface area contributed by atoms with E-state index >= 15 is 0 Å². The predicted molar refractivity (Wildman–Crippen MR) is 56.8 cm³/mol. The zero-order valence-electron chi connectivity index (χ0n) is 9.11. The van der Waals surface area contributed by atoms with E-state index in [0.717, 1.165) is 6.42 Å². The second kappa shape index (κ2) is 5.78. The van der Waals surface area contributed by atoms with Crippen molar-refractivity contribution in [1.29, 1.82) is 0 Å². The number of methoxy groups -OCH3 is 1. The molecule has 1 rings (SSSR count). The van der Waals surface area contributed by atoms with E-state index in [4.69, 9.17) is 10.5 Å². The van der Waals surface area contributed by atoms with Crippen molar-refractivity contribution >= 4 is 0 Å². The smallest absolute Gasteiger partial charge is 0.146 e. The van der Waals surface area contributed by atoms with Gasteiger partial charge in [0.05, 0.1) is 6.20 Å². The van der Waals surface area contributed by atoms with Gasteiger partial charge in [-0.05, 0) is 18.4 Å². The molecule has 15 heavy (non-hydrogen) atoms. The van der Waals surface area contributed by atoms with Crippen LogP contribution in [0.15, 0.2) is 18.5 Å². The Morgan fingerprint density at radius 2 is 2.33 bits per heavy atom. The summed E-state index contributed by atoms with van der Waals surface area (Å²) in [7, 11) is 1.64. The number of nitrogens with two attached hydrogens (primary N) is 1. The first-order valence-corrected chi connectivity index (χ1v) is 5.00. The summed E-state index contributed by atoms with van der Waals surface area (Å²) in [5, 5.41) is 0. The lowest BCUT2D eigenvalue weighted by Gasteiger charge is -2.20. The summed E-state index contributed by atoms with van der Waals surface area (Å²) in [6, 6.07) is 1.33. The second-order valence-electron chi connectivity index (χ2n) is 3.68. The molecule has 0 aromatic carbocycles. The van der Waals surface area contributed by atoms with Crippen LogP contribution in [0.3, 0.4) is 0 Å².